The summed E-state index contributed by atoms with van der Waals surface area (Å²) in [5.74, 6) is 0. The minimum Gasteiger partial charge on any atom is -0.280 e. The third-order valence-electron chi connectivity index (χ3n) is 0.604. The van der Waals surface area contributed by atoms with Crippen molar-refractivity contribution in [3.8, 4) is 0 Å². The molecular weight excluding hydrogens is 244 g/mol. The summed E-state index contributed by atoms with van der Waals surface area (Å²) in [4.78, 5) is 0. The van der Waals surface area contributed by atoms with Gasteiger partial charge in [0.05, 0.1) is 0 Å². The Morgan fingerprint density at radius 1 is 1.50 bits per heavy atom. The van der Waals surface area contributed by atoms with Crippen LogP contribution >= 0.6 is 25.8 Å². The molecule has 0 nitrogen and oxygen atoms in total. The van der Waals surface area contributed by atoms with Crippen molar-refractivity contribution < 1.29 is 0 Å². The lowest BCUT2D eigenvalue weighted by molar-refractivity contribution is 0.813. The zero-order valence-electron chi connectivity index (χ0n) is 5.29. The highest BCUT2D eigenvalue weighted by Crippen LogP contribution is 1.87. The van der Waals surface area contributed by atoms with Gasteiger partial charge in [0, 0.05) is 0 Å². The first kappa shape index (κ1) is 12.4. The van der Waals surface area contributed by atoms with Gasteiger partial charge in [-0.1, -0.05) is 33.1 Å². The molecule has 0 atom stereocenters. The van der Waals surface area contributed by atoms with Gasteiger partial charge in [0.1, 0.15) is 0 Å². The predicted molar refractivity (Wildman–Crippen MR) is 48.5 cm³/mol. The van der Waals surface area contributed by atoms with Gasteiger partial charge in [-0.3, -0.25) is 25.8 Å². The molecule has 0 unspecified atom stereocenters. The monoisotopic (exact) mass is 253 g/mol. The Labute approximate surface area is 74.3 Å². The van der Waals surface area contributed by atoms with E-state index in [1.54, 1.807) is 0 Å². The molecule has 0 saturated heterocycles. The van der Waals surface area contributed by atoms with E-state index in [1.165, 1.54) is 12.8 Å². The van der Waals surface area contributed by atoms with Crippen molar-refractivity contribution >= 4 is 41.8 Å². The zero-order chi connectivity index (χ0) is 6.83. The Kier molecular flexibility index (Phi) is 24.6. The van der Waals surface area contributed by atoms with Crippen molar-refractivity contribution in [3.05, 3.63) is 6.92 Å². The highest BCUT2D eigenvalue weighted by molar-refractivity contribution is 9.47. The molecule has 0 N–H and O–H groups in total. The third kappa shape index (κ3) is 25.2. The summed E-state index contributed by atoms with van der Waals surface area (Å²) in [6.07, 6.45) is 3.65. The van der Waals surface area contributed by atoms with E-state index in [0.717, 1.165) is 6.42 Å². The van der Waals surface area contributed by atoms with Gasteiger partial charge in [-0.05, 0) is 0 Å². The van der Waals surface area contributed by atoms with Crippen molar-refractivity contribution in [2.24, 2.45) is 0 Å². The van der Waals surface area contributed by atoms with Crippen LogP contribution in [0.2, 0.25) is 0 Å². The maximum Gasteiger partial charge on any atom is 0.560 e. The molecular formula is C5H11Br2Mg. The quantitative estimate of drug-likeness (QED) is 0.664. The maximum absolute atomic E-state index is 3.68. The predicted octanol–water partition coefficient (Wildman–Crippen LogP) is 3.32. The molecule has 0 aromatic rings. The fraction of sp³-hybridized carbons (Fsp3) is 0.800. The van der Waals surface area contributed by atoms with E-state index in [0.29, 0.717) is 0 Å². The highest BCUT2D eigenvalue weighted by atomic mass is 79.9. The van der Waals surface area contributed by atoms with E-state index < -0.39 is 0 Å². The summed E-state index contributed by atoms with van der Waals surface area (Å²) in [7, 11) is 0. The summed E-state index contributed by atoms with van der Waals surface area (Å²) >= 11 is 6.44. The molecule has 1 radical (unpaired) electrons. The Morgan fingerprint density at radius 3 is 1.88 bits per heavy atom. The molecule has 47 valence electrons. The second-order valence-corrected chi connectivity index (χ2v) is 9.39. The first-order valence-electron chi connectivity index (χ1n) is 2.74. The summed E-state index contributed by atoms with van der Waals surface area (Å²) in [5, 5.41) is 0. The molecule has 0 spiro atoms. The minimum atomic E-state index is 0.0417. The molecule has 0 aliphatic carbocycles. The van der Waals surface area contributed by atoms with Crippen LogP contribution in [0, 0.1) is 6.92 Å². The average molecular weight is 255 g/mol. The molecule has 8 heavy (non-hydrogen) atoms. The average Bonchev–Trinajstić information content (AvgIpc) is 1.71. The zero-order valence-corrected chi connectivity index (χ0v) is 9.88. The van der Waals surface area contributed by atoms with Gasteiger partial charge in [0.2, 0.25) is 0 Å². The van der Waals surface area contributed by atoms with Crippen LogP contribution in [0.15, 0.2) is 0 Å². The number of halogens is 2. The lowest BCUT2D eigenvalue weighted by Crippen LogP contribution is -1.59. The fourth-order valence-corrected chi connectivity index (χ4v) is 0.250. The normalized spacial score (nSPS) is 6.50. The van der Waals surface area contributed by atoms with Crippen LogP contribution in [-0.4, -0.2) is 16.0 Å². The van der Waals surface area contributed by atoms with E-state index >= 15 is 0 Å². The molecule has 0 amide bonds. The van der Waals surface area contributed by atoms with Gasteiger partial charge in [0.15, 0.2) is 0 Å². The second kappa shape index (κ2) is 15.9. The highest BCUT2D eigenvalue weighted by Gasteiger charge is 1.68. The molecule has 0 bridgehead atoms. The summed E-state index contributed by atoms with van der Waals surface area (Å²) in [6, 6.07) is 0. The molecule has 0 saturated carbocycles. The molecule has 0 rings (SSSR count). The molecule has 0 fully saturated rings. The van der Waals surface area contributed by atoms with Gasteiger partial charge < -0.3 is 0 Å². The van der Waals surface area contributed by atoms with E-state index in [9.17, 15) is 0 Å². The fourth-order valence-electron chi connectivity index (χ4n) is 0.250. The van der Waals surface area contributed by atoms with Crippen LogP contribution in [0.3, 0.4) is 0 Å². The lowest BCUT2D eigenvalue weighted by Gasteiger charge is -1.79. The van der Waals surface area contributed by atoms with Crippen LogP contribution in [0.4, 0.5) is 0 Å². The van der Waals surface area contributed by atoms with Crippen molar-refractivity contribution in [2.75, 3.05) is 0 Å². The van der Waals surface area contributed by atoms with Crippen molar-refractivity contribution in [3.63, 3.8) is 0 Å². The maximum atomic E-state index is 3.68. The lowest BCUT2D eigenvalue weighted by atomic mass is 10.3. The second-order valence-electron chi connectivity index (χ2n) is 1.31. The van der Waals surface area contributed by atoms with E-state index in [1.807, 2.05) is 0 Å². The molecule has 0 heterocycles. The van der Waals surface area contributed by atoms with Gasteiger partial charge in [-0.25, -0.2) is 0 Å². The van der Waals surface area contributed by atoms with Crippen molar-refractivity contribution in [1.82, 2.24) is 0 Å². The number of rotatable bonds is 2. The Morgan fingerprint density at radius 2 is 1.88 bits per heavy atom. The molecule has 0 aromatic carbocycles. The van der Waals surface area contributed by atoms with Gasteiger partial charge in [0.25, 0.3) is 0 Å². The SMILES string of the molecule is [Br][Mg][Br].[CH2]CCCC. The molecule has 0 aliphatic heterocycles. The minimum absolute atomic E-state index is 0.0417. The standard InChI is InChI=1S/C5H11.2BrH.Mg/c1-3-5-4-2;;;/h1,3-5H2,2H3;2*1H;/q;;;+2/p-2. The third-order valence-corrected chi connectivity index (χ3v) is 0.604. The van der Waals surface area contributed by atoms with E-state index in [2.05, 4.69) is 39.6 Å². The molecule has 3 heteroatoms. The van der Waals surface area contributed by atoms with Gasteiger partial charge in [-0.2, -0.15) is 0 Å². The van der Waals surface area contributed by atoms with Gasteiger partial charge >= 0.3 is 16.0 Å². The Balaban J connectivity index is 0. The van der Waals surface area contributed by atoms with Gasteiger partial charge in [-0.15, -0.1) is 0 Å². The van der Waals surface area contributed by atoms with E-state index in [4.69, 9.17) is 0 Å². The van der Waals surface area contributed by atoms with Crippen LogP contribution < -0.4 is 0 Å². The number of hydrogen-bond donors (Lipinski definition) is 0. The number of unbranched alkanes of at least 4 members (excludes halogenated alkanes) is 2. The Hall–Kier alpha value is 1.73. The first-order valence-corrected chi connectivity index (χ1v) is 10.5. The van der Waals surface area contributed by atoms with Crippen LogP contribution in [-0.2, 0) is 0 Å². The first-order chi connectivity index (χ1) is 3.83. The van der Waals surface area contributed by atoms with Crippen molar-refractivity contribution in [1.29, 1.82) is 0 Å². The summed E-state index contributed by atoms with van der Waals surface area (Å²) in [5.41, 5.74) is 0. The van der Waals surface area contributed by atoms with Crippen LogP contribution in [0.1, 0.15) is 26.2 Å². The van der Waals surface area contributed by atoms with Crippen LogP contribution in [0.25, 0.3) is 0 Å². The topological polar surface area (TPSA) is 0 Å². The molecule has 0 aromatic heterocycles. The van der Waals surface area contributed by atoms with Crippen molar-refractivity contribution in [2.45, 2.75) is 26.2 Å². The Bertz CT molecular complexity index is 24.4. The van der Waals surface area contributed by atoms with Crippen LogP contribution in [0.5, 0.6) is 0 Å². The smallest absolute Gasteiger partial charge is 0.280 e. The largest absolute Gasteiger partial charge is 0.560 e. The summed E-state index contributed by atoms with van der Waals surface area (Å²) < 4.78 is 0. The number of hydrogen-bond acceptors (Lipinski definition) is 0. The van der Waals surface area contributed by atoms with E-state index in [-0.39, 0.29) is 16.0 Å². The molecule has 0 aliphatic rings. The summed E-state index contributed by atoms with van der Waals surface area (Å²) in [6.45, 7) is 5.85.